The molecular weight excluding hydrogens is 313 g/mol. The lowest BCUT2D eigenvalue weighted by molar-refractivity contribution is 0.400. The molecule has 0 unspecified atom stereocenters. The van der Waals surface area contributed by atoms with Gasteiger partial charge in [-0.2, -0.15) is 19.7 Å². The molecule has 2 N–H and O–H groups in total. The van der Waals surface area contributed by atoms with E-state index in [-0.39, 0.29) is 17.2 Å². The van der Waals surface area contributed by atoms with Crippen LogP contribution in [0.3, 0.4) is 0 Å². The smallest absolute Gasteiger partial charge is 0.319 e. The molecule has 0 aromatic carbocycles. The van der Waals surface area contributed by atoms with E-state index >= 15 is 0 Å². The number of rotatable bonds is 4. The molecule has 0 amide bonds. The first-order chi connectivity index (χ1) is 11.4. The van der Waals surface area contributed by atoms with Crippen molar-refractivity contribution in [3.8, 4) is 5.88 Å². The van der Waals surface area contributed by atoms with Gasteiger partial charge in [0.1, 0.15) is 11.0 Å². The van der Waals surface area contributed by atoms with Gasteiger partial charge in [-0.15, -0.1) is 0 Å². The number of H-pyrrole nitrogens is 1. The number of aromatic amines is 1. The molecule has 3 rings (SSSR count). The summed E-state index contributed by atoms with van der Waals surface area (Å²) in [5, 5.41) is 7.58. The number of nitrogens with zero attached hydrogens (tertiary/aromatic N) is 5. The summed E-state index contributed by atoms with van der Waals surface area (Å²) in [6, 6.07) is 0. The Morgan fingerprint density at radius 3 is 2.83 bits per heavy atom. The minimum Gasteiger partial charge on any atom is -0.480 e. The summed E-state index contributed by atoms with van der Waals surface area (Å²) in [5.41, 5.74) is 0.871. The standard InChI is InChI=1S/C15H16FN7O/c1-8-10(7-23(22-8)15(2,3)17-4)19-14-20-12-11(9(16)6-18-12)13(21-14)24-5/h6-7H,1-3,5H3,(H2,18,19,20,21). The van der Waals surface area contributed by atoms with Crippen LogP contribution in [0.2, 0.25) is 0 Å². The molecule has 0 bridgehead atoms. The Morgan fingerprint density at radius 2 is 2.17 bits per heavy atom. The highest BCUT2D eigenvalue weighted by Crippen LogP contribution is 2.28. The number of anilines is 2. The molecule has 0 aliphatic rings. The summed E-state index contributed by atoms with van der Waals surface area (Å²) in [4.78, 5) is 14.7. The van der Waals surface area contributed by atoms with E-state index in [9.17, 15) is 4.39 Å². The summed E-state index contributed by atoms with van der Waals surface area (Å²) in [7, 11) is 1.42. The fraction of sp³-hybridized carbons (Fsp3) is 0.333. The molecule has 3 aromatic heterocycles. The average Bonchev–Trinajstić information content (AvgIpc) is 3.11. The van der Waals surface area contributed by atoms with Gasteiger partial charge in [0.15, 0.2) is 5.82 Å². The van der Waals surface area contributed by atoms with Crippen molar-refractivity contribution in [2.24, 2.45) is 0 Å². The normalized spacial score (nSPS) is 11.5. The second kappa shape index (κ2) is 5.49. The van der Waals surface area contributed by atoms with Crippen LogP contribution in [0.1, 0.15) is 19.5 Å². The van der Waals surface area contributed by atoms with Crippen LogP contribution in [0.25, 0.3) is 15.9 Å². The van der Waals surface area contributed by atoms with Gasteiger partial charge in [0.05, 0.1) is 24.7 Å². The van der Waals surface area contributed by atoms with E-state index in [0.717, 1.165) is 0 Å². The lowest BCUT2D eigenvalue weighted by Crippen LogP contribution is -2.22. The van der Waals surface area contributed by atoms with Crippen molar-refractivity contribution in [1.29, 1.82) is 0 Å². The van der Waals surface area contributed by atoms with Crippen LogP contribution >= 0.6 is 0 Å². The topological polar surface area (TPSA) is 85.0 Å². The van der Waals surface area contributed by atoms with Crippen molar-refractivity contribution in [3.05, 3.63) is 35.3 Å². The minimum absolute atomic E-state index is 0.132. The van der Waals surface area contributed by atoms with E-state index in [0.29, 0.717) is 17.0 Å². The summed E-state index contributed by atoms with van der Waals surface area (Å²) >= 11 is 0. The van der Waals surface area contributed by atoms with Gasteiger partial charge in [0.2, 0.25) is 11.8 Å². The molecule has 0 aliphatic heterocycles. The zero-order chi connectivity index (χ0) is 17.5. The van der Waals surface area contributed by atoms with Gasteiger partial charge >= 0.3 is 5.66 Å². The molecule has 0 fully saturated rings. The Balaban J connectivity index is 2.00. The molecule has 124 valence electrons. The number of aryl methyl sites for hydroxylation is 1. The molecule has 9 heteroatoms. The van der Waals surface area contributed by atoms with Gasteiger partial charge < -0.3 is 15.0 Å². The van der Waals surface area contributed by atoms with Gasteiger partial charge in [-0.05, 0) is 6.92 Å². The Labute approximate surface area is 137 Å². The average molecular weight is 329 g/mol. The quantitative estimate of drug-likeness (QED) is 0.719. The first-order valence-corrected chi connectivity index (χ1v) is 7.16. The lowest BCUT2D eigenvalue weighted by atomic mass is 10.3. The van der Waals surface area contributed by atoms with E-state index in [1.807, 2.05) is 6.92 Å². The largest absolute Gasteiger partial charge is 0.480 e. The van der Waals surface area contributed by atoms with Gasteiger partial charge in [-0.25, -0.2) is 11.0 Å². The first-order valence-electron chi connectivity index (χ1n) is 7.16. The number of ether oxygens (including phenoxy) is 1. The Kier molecular flexibility index (Phi) is 3.60. The summed E-state index contributed by atoms with van der Waals surface area (Å²) in [6.45, 7) is 12.6. The molecule has 0 saturated carbocycles. The second-order valence-corrected chi connectivity index (χ2v) is 5.72. The molecule has 8 nitrogen and oxygen atoms in total. The maximum atomic E-state index is 13.7. The van der Waals surface area contributed by atoms with Crippen LogP contribution in [0.5, 0.6) is 5.88 Å². The maximum Gasteiger partial charge on any atom is 0.319 e. The zero-order valence-corrected chi connectivity index (χ0v) is 13.7. The van der Waals surface area contributed by atoms with Crippen LogP contribution < -0.4 is 10.1 Å². The van der Waals surface area contributed by atoms with Crippen LogP contribution in [-0.2, 0) is 5.66 Å². The molecule has 0 atom stereocenters. The third-order valence-electron chi connectivity index (χ3n) is 3.62. The zero-order valence-electron chi connectivity index (χ0n) is 13.7. The fourth-order valence-electron chi connectivity index (χ4n) is 2.20. The Morgan fingerprint density at radius 1 is 1.42 bits per heavy atom. The van der Waals surface area contributed by atoms with Crippen molar-refractivity contribution >= 4 is 22.7 Å². The number of hydrogen-bond acceptors (Lipinski definition) is 5. The second-order valence-electron chi connectivity index (χ2n) is 5.72. The Hall–Kier alpha value is -3.15. The van der Waals surface area contributed by atoms with Crippen molar-refractivity contribution in [2.45, 2.75) is 26.4 Å². The molecule has 3 aromatic rings. The van der Waals surface area contributed by atoms with Gasteiger partial charge in [-0.1, -0.05) is 0 Å². The third-order valence-corrected chi connectivity index (χ3v) is 3.62. The third kappa shape index (κ3) is 2.52. The first kappa shape index (κ1) is 15.7. The van der Waals surface area contributed by atoms with Crippen molar-refractivity contribution in [2.75, 3.05) is 12.4 Å². The van der Waals surface area contributed by atoms with Crippen molar-refractivity contribution in [3.63, 3.8) is 0 Å². The Bertz CT molecular complexity index is 951. The minimum atomic E-state index is -0.796. The monoisotopic (exact) mass is 329 g/mol. The summed E-state index contributed by atoms with van der Waals surface area (Å²) in [5.74, 6) is -0.103. The van der Waals surface area contributed by atoms with E-state index in [1.165, 1.54) is 13.3 Å². The molecule has 3 heterocycles. The van der Waals surface area contributed by atoms with E-state index in [2.05, 4.69) is 30.2 Å². The van der Waals surface area contributed by atoms with Crippen molar-refractivity contribution in [1.82, 2.24) is 24.7 Å². The predicted molar refractivity (Wildman–Crippen MR) is 86.6 cm³/mol. The highest BCUT2D eigenvalue weighted by molar-refractivity contribution is 5.83. The molecule has 0 aliphatic carbocycles. The van der Waals surface area contributed by atoms with Gasteiger partial charge in [0.25, 0.3) is 0 Å². The predicted octanol–water partition coefficient (Wildman–Crippen LogP) is 2.97. The lowest BCUT2D eigenvalue weighted by Gasteiger charge is -2.10. The van der Waals surface area contributed by atoms with E-state index in [4.69, 9.17) is 11.3 Å². The highest BCUT2D eigenvalue weighted by atomic mass is 19.1. The van der Waals surface area contributed by atoms with E-state index < -0.39 is 11.5 Å². The molecule has 0 radical (unpaired) electrons. The van der Waals surface area contributed by atoms with Gasteiger partial charge in [0, 0.05) is 20.0 Å². The maximum absolute atomic E-state index is 13.7. The SMILES string of the molecule is [C-]#[N+]C(C)(C)n1cc(Nc2nc(OC)c3c(F)c[nH]c3n2)c(C)n1. The molecule has 0 spiro atoms. The van der Waals surface area contributed by atoms with Crippen LogP contribution in [0, 0.1) is 19.3 Å². The van der Waals surface area contributed by atoms with Crippen LogP contribution in [-0.4, -0.2) is 31.8 Å². The summed E-state index contributed by atoms with van der Waals surface area (Å²) < 4.78 is 20.4. The van der Waals surface area contributed by atoms with Crippen molar-refractivity contribution < 1.29 is 9.13 Å². The summed E-state index contributed by atoms with van der Waals surface area (Å²) in [6.07, 6.45) is 2.91. The number of nitrogens with one attached hydrogen (secondary N) is 2. The number of hydrogen-bond donors (Lipinski definition) is 2. The van der Waals surface area contributed by atoms with Gasteiger partial charge in [-0.3, -0.25) is 4.85 Å². The van der Waals surface area contributed by atoms with Crippen LogP contribution in [0.15, 0.2) is 12.4 Å². The number of aromatic nitrogens is 5. The number of fused-ring (bicyclic) bond motifs is 1. The number of methoxy groups -OCH3 is 1. The molecule has 0 saturated heterocycles. The van der Waals surface area contributed by atoms with Crippen LogP contribution in [0.4, 0.5) is 16.0 Å². The highest BCUT2D eigenvalue weighted by Gasteiger charge is 2.27. The number of halogens is 1. The molecule has 24 heavy (non-hydrogen) atoms. The molecular formula is C15H16FN7O. The van der Waals surface area contributed by atoms with E-state index in [1.54, 1.807) is 24.7 Å². The fourth-order valence-corrected chi connectivity index (χ4v) is 2.20.